The maximum atomic E-state index is 14.0. The maximum absolute atomic E-state index is 14.0. The Morgan fingerprint density at radius 3 is 2.69 bits per heavy atom. The van der Waals surface area contributed by atoms with Gasteiger partial charge in [0.2, 0.25) is 0 Å². The van der Waals surface area contributed by atoms with E-state index in [2.05, 4.69) is 20.2 Å². The van der Waals surface area contributed by atoms with Gasteiger partial charge in [-0.1, -0.05) is 12.1 Å². The summed E-state index contributed by atoms with van der Waals surface area (Å²) in [4.78, 5) is 11.2. The van der Waals surface area contributed by atoms with Crippen LogP contribution in [0.2, 0.25) is 0 Å². The van der Waals surface area contributed by atoms with E-state index in [1.54, 1.807) is 18.5 Å². The van der Waals surface area contributed by atoms with Gasteiger partial charge in [-0.3, -0.25) is 4.68 Å². The van der Waals surface area contributed by atoms with Crippen LogP contribution in [0.15, 0.2) is 67.1 Å². The van der Waals surface area contributed by atoms with E-state index in [1.165, 1.54) is 12.1 Å². The van der Waals surface area contributed by atoms with Gasteiger partial charge >= 0.3 is 0 Å². The van der Waals surface area contributed by atoms with Crippen molar-refractivity contribution in [3.05, 3.63) is 72.9 Å². The zero-order chi connectivity index (χ0) is 23.6. The van der Waals surface area contributed by atoms with E-state index in [-0.39, 0.29) is 5.82 Å². The molecule has 3 aromatic heterocycles. The molecular weight excluding hydrogens is 447 g/mol. The lowest BCUT2D eigenvalue weighted by Crippen LogP contribution is -2.36. The summed E-state index contributed by atoms with van der Waals surface area (Å²) in [7, 11) is 0. The molecule has 0 amide bonds. The largest absolute Gasteiger partial charge is 0.449 e. The predicted octanol–water partition coefficient (Wildman–Crippen LogP) is 5.19. The van der Waals surface area contributed by atoms with Crippen molar-refractivity contribution in [2.75, 3.05) is 36.5 Å². The molecule has 0 atom stereocenters. The van der Waals surface area contributed by atoms with E-state index in [0.29, 0.717) is 47.8 Å². The second-order valence-corrected chi connectivity index (χ2v) is 8.64. The van der Waals surface area contributed by atoms with Gasteiger partial charge in [-0.15, -0.1) is 0 Å². The zero-order valence-corrected chi connectivity index (χ0v) is 19.1. The van der Waals surface area contributed by atoms with E-state index >= 15 is 0 Å². The molecule has 0 bridgehead atoms. The Labute approximate surface area is 202 Å². The van der Waals surface area contributed by atoms with Crippen molar-refractivity contribution in [2.24, 2.45) is 0 Å². The van der Waals surface area contributed by atoms with Crippen molar-refractivity contribution in [1.29, 1.82) is 0 Å². The van der Waals surface area contributed by atoms with Gasteiger partial charge in [0.15, 0.2) is 17.3 Å². The molecule has 6 rings (SSSR count). The first-order valence-corrected chi connectivity index (χ1v) is 11.8. The molecule has 1 aliphatic heterocycles. The highest BCUT2D eigenvalue weighted by molar-refractivity contribution is 5.69. The number of pyridine rings is 2. The highest BCUT2D eigenvalue weighted by Crippen LogP contribution is 2.41. The number of rotatable bonds is 7. The molecule has 1 aliphatic carbocycles. The molecular formula is C26H25FN6O2. The topological polar surface area (TPSA) is 77.3 Å². The van der Waals surface area contributed by atoms with Crippen LogP contribution in [0.1, 0.15) is 18.9 Å². The third-order valence-electron chi connectivity index (χ3n) is 6.05. The van der Waals surface area contributed by atoms with Crippen LogP contribution in [0.5, 0.6) is 11.5 Å². The molecule has 8 nitrogen and oxygen atoms in total. The quantitative estimate of drug-likeness (QED) is 0.397. The molecule has 0 spiro atoms. The Balaban J connectivity index is 1.29. The first kappa shape index (κ1) is 21.5. The Bertz CT molecular complexity index is 1330. The molecule has 4 heterocycles. The van der Waals surface area contributed by atoms with Gasteiger partial charge < -0.3 is 19.7 Å². The zero-order valence-electron chi connectivity index (χ0n) is 19.1. The minimum Gasteiger partial charge on any atom is -0.449 e. The molecule has 4 aromatic rings. The third-order valence-corrected chi connectivity index (χ3v) is 6.05. The number of ether oxygens (including phenoxy) is 2. The van der Waals surface area contributed by atoms with Crippen LogP contribution in [0.4, 0.5) is 21.7 Å². The summed E-state index contributed by atoms with van der Waals surface area (Å²) in [5.74, 6) is 2.24. The van der Waals surface area contributed by atoms with Crippen molar-refractivity contribution < 1.29 is 13.9 Å². The molecule has 0 radical (unpaired) electrons. The van der Waals surface area contributed by atoms with Crippen LogP contribution in [0.25, 0.3) is 11.3 Å². The number of benzene rings is 1. The van der Waals surface area contributed by atoms with Crippen molar-refractivity contribution in [3.8, 4) is 22.8 Å². The summed E-state index contributed by atoms with van der Waals surface area (Å²) >= 11 is 0. The van der Waals surface area contributed by atoms with Crippen molar-refractivity contribution in [2.45, 2.75) is 18.9 Å². The fourth-order valence-electron chi connectivity index (χ4n) is 4.09. The van der Waals surface area contributed by atoms with Gasteiger partial charge in [0, 0.05) is 42.8 Å². The first-order chi connectivity index (χ1) is 17.2. The van der Waals surface area contributed by atoms with Crippen molar-refractivity contribution in [1.82, 2.24) is 19.7 Å². The van der Waals surface area contributed by atoms with Gasteiger partial charge in [0.1, 0.15) is 17.3 Å². The SMILES string of the molecule is Fc1cccc(-c2nn(C3CC3)cc2Oc2cccnc2Nc2ccnc(N3CCOCC3)c2)c1. The predicted molar refractivity (Wildman–Crippen MR) is 131 cm³/mol. The standard InChI is InChI=1S/C26H25FN6O2/c27-19-4-1-3-18(15-19)25-23(17-33(31-25)21-6-7-21)35-22-5-2-9-29-26(22)30-20-8-10-28-24(16-20)32-11-13-34-14-12-32/h1-5,8-10,15-17,21H,6-7,11-14H2,(H,28,29,30). The summed E-state index contributed by atoms with van der Waals surface area (Å²) in [5, 5.41) is 8.08. The lowest BCUT2D eigenvalue weighted by molar-refractivity contribution is 0.122. The van der Waals surface area contributed by atoms with Crippen LogP contribution >= 0.6 is 0 Å². The lowest BCUT2D eigenvalue weighted by atomic mass is 10.1. The smallest absolute Gasteiger partial charge is 0.173 e. The number of aromatic nitrogens is 4. The molecule has 178 valence electrons. The van der Waals surface area contributed by atoms with Crippen LogP contribution in [0, 0.1) is 5.82 Å². The number of nitrogens with one attached hydrogen (secondary N) is 1. The summed E-state index contributed by atoms with van der Waals surface area (Å²) in [5.41, 5.74) is 2.12. The van der Waals surface area contributed by atoms with Gasteiger partial charge in [0.05, 0.1) is 25.5 Å². The van der Waals surface area contributed by atoms with E-state index in [4.69, 9.17) is 14.6 Å². The van der Waals surface area contributed by atoms with Crippen LogP contribution in [-0.2, 0) is 4.74 Å². The normalized spacial score (nSPS) is 15.7. The van der Waals surface area contributed by atoms with Gasteiger partial charge in [-0.25, -0.2) is 14.4 Å². The van der Waals surface area contributed by atoms with E-state index in [9.17, 15) is 4.39 Å². The Morgan fingerprint density at radius 2 is 1.86 bits per heavy atom. The molecule has 1 saturated carbocycles. The summed E-state index contributed by atoms with van der Waals surface area (Å²) in [6, 6.07) is 14.3. The van der Waals surface area contributed by atoms with Crippen LogP contribution in [-0.4, -0.2) is 46.1 Å². The minimum absolute atomic E-state index is 0.313. The van der Waals surface area contributed by atoms with E-state index < -0.39 is 0 Å². The number of morpholine rings is 1. The lowest BCUT2D eigenvalue weighted by Gasteiger charge is -2.28. The fraction of sp³-hybridized carbons (Fsp3) is 0.269. The molecule has 9 heteroatoms. The fourth-order valence-corrected chi connectivity index (χ4v) is 4.09. The molecule has 1 N–H and O–H groups in total. The third kappa shape index (κ3) is 4.81. The number of hydrogen-bond donors (Lipinski definition) is 1. The molecule has 35 heavy (non-hydrogen) atoms. The second kappa shape index (κ2) is 9.34. The number of nitrogens with zero attached hydrogens (tertiary/aromatic N) is 5. The van der Waals surface area contributed by atoms with Gasteiger partial charge in [0.25, 0.3) is 0 Å². The Hall–Kier alpha value is -3.98. The first-order valence-electron chi connectivity index (χ1n) is 11.8. The maximum Gasteiger partial charge on any atom is 0.173 e. The second-order valence-electron chi connectivity index (χ2n) is 8.64. The van der Waals surface area contributed by atoms with Crippen molar-refractivity contribution in [3.63, 3.8) is 0 Å². The van der Waals surface area contributed by atoms with E-state index in [1.807, 2.05) is 41.2 Å². The summed E-state index contributed by atoms with van der Waals surface area (Å²) in [6.45, 7) is 3.00. The molecule has 2 aliphatic rings. The Kier molecular flexibility index (Phi) is 5.75. The number of hydrogen-bond acceptors (Lipinski definition) is 7. The average molecular weight is 473 g/mol. The number of halogens is 1. The molecule has 0 unspecified atom stereocenters. The van der Waals surface area contributed by atoms with Crippen molar-refractivity contribution >= 4 is 17.3 Å². The molecule has 1 saturated heterocycles. The molecule has 2 fully saturated rings. The minimum atomic E-state index is -0.313. The van der Waals surface area contributed by atoms with E-state index in [0.717, 1.165) is 37.4 Å². The monoisotopic (exact) mass is 472 g/mol. The average Bonchev–Trinajstić information content (AvgIpc) is 3.66. The summed E-state index contributed by atoms with van der Waals surface area (Å²) in [6.07, 6.45) is 7.53. The van der Waals surface area contributed by atoms with Gasteiger partial charge in [-0.2, -0.15) is 5.10 Å². The number of anilines is 3. The highest BCUT2D eigenvalue weighted by Gasteiger charge is 2.27. The Morgan fingerprint density at radius 1 is 0.971 bits per heavy atom. The van der Waals surface area contributed by atoms with Gasteiger partial charge in [-0.05, 0) is 43.2 Å². The summed E-state index contributed by atoms with van der Waals surface area (Å²) < 4.78 is 27.7. The molecule has 1 aromatic carbocycles. The van der Waals surface area contributed by atoms with Crippen LogP contribution < -0.4 is 15.0 Å². The highest BCUT2D eigenvalue weighted by atomic mass is 19.1. The van der Waals surface area contributed by atoms with Crippen LogP contribution in [0.3, 0.4) is 0 Å².